The van der Waals surface area contributed by atoms with Crippen molar-refractivity contribution in [1.82, 2.24) is 0 Å². The molecule has 1 heterocycles. The van der Waals surface area contributed by atoms with E-state index in [2.05, 4.69) is 0 Å². The van der Waals surface area contributed by atoms with Crippen molar-refractivity contribution >= 4 is 29.2 Å². The molecule has 1 atom stereocenters. The number of hydrogen-bond acceptors (Lipinski definition) is 0. The summed E-state index contributed by atoms with van der Waals surface area (Å²) in [6, 6.07) is 11.8. The van der Waals surface area contributed by atoms with Crippen LogP contribution in [0.2, 0.25) is 0 Å². The molecule has 0 bridgehead atoms. The van der Waals surface area contributed by atoms with Gasteiger partial charge in [0.05, 0.1) is 5.56 Å². The second-order valence-electron chi connectivity index (χ2n) is 3.93. The molecule has 1 aromatic heterocycles. The highest BCUT2D eigenvalue weighted by Crippen LogP contribution is 2.40. The lowest BCUT2D eigenvalue weighted by Crippen LogP contribution is -2.03. The molecule has 0 aliphatic rings. The van der Waals surface area contributed by atoms with E-state index in [1.54, 1.807) is 6.07 Å². The Morgan fingerprint density at radius 1 is 0.824 bits per heavy atom. The molecular formula is C13H8F3P. The molecule has 0 aliphatic carbocycles. The average molecular weight is 252 g/mol. The molecule has 2 aromatic carbocycles. The Morgan fingerprint density at radius 3 is 2.29 bits per heavy atom. The summed E-state index contributed by atoms with van der Waals surface area (Å²) in [5, 5.41) is 3.92. The van der Waals surface area contributed by atoms with Crippen molar-refractivity contribution in [3.8, 4) is 0 Å². The summed E-state index contributed by atoms with van der Waals surface area (Å²) in [6.07, 6.45) is -4.26. The van der Waals surface area contributed by atoms with Gasteiger partial charge in [0, 0.05) is 0 Å². The van der Waals surface area contributed by atoms with Crippen molar-refractivity contribution in [2.75, 3.05) is 0 Å². The molecule has 3 aromatic rings. The molecule has 0 aliphatic heterocycles. The van der Waals surface area contributed by atoms with E-state index < -0.39 is 11.7 Å². The van der Waals surface area contributed by atoms with Crippen LogP contribution in [0.1, 0.15) is 5.56 Å². The molecule has 0 saturated heterocycles. The lowest BCUT2D eigenvalue weighted by Gasteiger charge is -2.05. The molecule has 0 fully saturated rings. The van der Waals surface area contributed by atoms with E-state index in [1.807, 2.05) is 24.3 Å². The van der Waals surface area contributed by atoms with Crippen molar-refractivity contribution in [3.05, 3.63) is 48.0 Å². The molecule has 17 heavy (non-hydrogen) atoms. The van der Waals surface area contributed by atoms with E-state index in [9.17, 15) is 13.2 Å². The molecule has 0 spiro atoms. The maximum Gasteiger partial charge on any atom is 0.416 e. The van der Waals surface area contributed by atoms with Crippen LogP contribution < -0.4 is 0 Å². The van der Waals surface area contributed by atoms with Crippen molar-refractivity contribution in [1.29, 1.82) is 0 Å². The van der Waals surface area contributed by atoms with Gasteiger partial charge in [-0.15, -0.1) is 8.19 Å². The Labute approximate surface area is 97.1 Å². The third-order valence-corrected chi connectivity index (χ3v) is 4.22. The summed E-state index contributed by atoms with van der Waals surface area (Å²) in [4.78, 5) is 0. The zero-order valence-corrected chi connectivity index (χ0v) is 9.68. The number of rotatable bonds is 0. The third-order valence-electron chi connectivity index (χ3n) is 2.83. The molecule has 1 unspecified atom stereocenters. The second kappa shape index (κ2) is 3.51. The van der Waals surface area contributed by atoms with Crippen LogP contribution in [0.5, 0.6) is 0 Å². The van der Waals surface area contributed by atoms with Crippen LogP contribution in [0.3, 0.4) is 0 Å². The SMILES string of the molecule is FC(F)(F)c1ccc2c(c1)[pH]c1ccccc12. The van der Waals surface area contributed by atoms with Gasteiger partial charge >= 0.3 is 6.18 Å². The van der Waals surface area contributed by atoms with Crippen LogP contribution >= 0.6 is 8.19 Å². The summed E-state index contributed by atoms with van der Waals surface area (Å²) in [5.41, 5.74) is -0.559. The van der Waals surface area contributed by atoms with E-state index in [0.717, 1.165) is 27.1 Å². The minimum Gasteiger partial charge on any atom is -0.166 e. The Kier molecular flexibility index (Phi) is 2.20. The highest BCUT2D eigenvalue weighted by molar-refractivity contribution is 7.43. The fourth-order valence-corrected chi connectivity index (χ4v) is 3.43. The summed E-state index contributed by atoms with van der Waals surface area (Å²) < 4.78 is 37.8. The Hall–Kier alpha value is -1.47. The Balaban J connectivity index is 2.34. The van der Waals surface area contributed by atoms with Gasteiger partial charge in [-0.1, -0.05) is 30.3 Å². The maximum absolute atomic E-state index is 12.6. The highest BCUT2D eigenvalue weighted by Gasteiger charge is 2.30. The topological polar surface area (TPSA) is 0 Å². The van der Waals surface area contributed by atoms with Crippen molar-refractivity contribution in [2.45, 2.75) is 6.18 Å². The van der Waals surface area contributed by atoms with Gasteiger partial charge in [0.1, 0.15) is 0 Å². The van der Waals surface area contributed by atoms with Gasteiger partial charge in [0.25, 0.3) is 0 Å². The quantitative estimate of drug-likeness (QED) is 0.525. The Morgan fingerprint density at radius 2 is 1.53 bits per heavy atom. The fourth-order valence-electron chi connectivity index (χ4n) is 2.03. The minimum atomic E-state index is -4.26. The number of alkyl halides is 3. The largest absolute Gasteiger partial charge is 0.416 e. The van der Waals surface area contributed by atoms with Crippen LogP contribution in [0.25, 0.3) is 21.0 Å². The van der Waals surface area contributed by atoms with Gasteiger partial charge in [0.15, 0.2) is 0 Å². The number of halogens is 3. The zero-order valence-electron chi connectivity index (χ0n) is 8.68. The van der Waals surface area contributed by atoms with E-state index in [0.29, 0.717) is 8.19 Å². The summed E-state index contributed by atoms with van der Waals surface area (Å²) >= 11 is 0. The van der Waals surface area contributed by atoms with Crippen LogP contribution in [0.15, 0.2) is 42.5 Å². The molecule has 3 rings (SSSR count). The first-order chi connectivity index (χ1) is 8.05. The molecule has 86 valence electrons. The van der Waals surface area contributed by atoms with Gasteiger partial charge in [-0.25, -0.2) is 0 Å². The van der Waals surface area contributed by atoms with Crippen LogP contribution in [-0.4, -0.2) is 0 Å². The maximum atomic E-state index is 12.6. The molecule has 0 radical (unpaired) electrons. The van der Waals surface area contributed by atoms with Gasteiger partial charge in [0.2, 0.25) is 0 Å². The van der Waals surface area contributed by atoms with Crippen LogP contribution in [0.4, 0.5) is 13.2 Å². The predicted octanol–water partition coefficient (Wildman–Crippen LogP) is 5.04. The smallest absolute Gasteiger partial charge is 0.166 e. The first-order valence-corrected chi connectivity index (χ1v) is 6.13. The molecule has 0 amide bonds. The summed E-state index contributed by atoms with van der Waals surface area (Å²) in [7, 11) is 0.326. The summed E-state index contributed by atoms with van der Waals surface area (Å²) in [6.45, 7) is 0. The van der Waals surface area contributed by atoms with Gasteiger partial charge in [-0.3, -0.25) is 0 Å². The fraction of sp³-hybridized carbons (Fsp3) is 0.0769. The first-order valence-electron chi connectivity index (χ1n) is 5.13. The van der Waals surface area contributed by atoms with E-state index in [4.69, 9.17) is 0 Å². The second-order valence-corrected chi connectivity index (χ2v) is 5.26. The van der Waals surface area contributed by atoms with Crippen molar-refractivity contribution in [2.24, 2.45) is 0 Å². The standard InChI is InChI=1S/C13H8F3P/c14-13(15,16)8-5-6-10-9-3-1-2-4-11(9)17-12(10)7-8/h1-7,17H. The van der Waals surface area contributed by atoms with E-state index >= 15 is 0 Å². The normalized spacial score (nSPS) is 12.9. The zero-order chi connectivity index (χ0) is 12.0. The number of benzene rings is 2. The number of fused-ring (bicyclic) bond motifs is 3. The van der Waals surface area contributed by atoms with Crippen molar-refractivity contribution in [3.63, 3.8) is 0 Å². The third kappa shape index (κ3) is 1.71. The molecule has 0 N–H and O–H groups in total. The summed E-state index contributed by atoms with van der Waals surface area (Å²) in [5.74, 6) is 0. The molecule has 4 heteroatoms. The van der Waals surface area contributed by atoms with Gasteiger partial charge in [-0.2, -0.15) is 13.2 Å². The lowest BCUT2D eigenvalue weighted by atomic mass is 10.1. The Bertz CT molecular complexity index is 695. The lowest BCUT2D eigenvalue weighted by molar-refractivity contribution is -0.137. The molecule has 0 nitrogen and oxygen atoms in total. The van der Waals surface area contributed by atoms with E-state index in [-0.39, 0.29) is 0 Å². The monoisotopic (exact) mass is 252 g/mol. The van der Waals surface area contributed by atoms with Crippen molar-refractivity contribution < 1.29 is 13.2 Å². The van der Waals surface area contributed by atoms with Crippen LogP contribution in [-0.2, 0) is 6.18 Å². The van der Waals surface area contributed by atoms with Gasteiger partial charge in [-0.05, 0) is 33.1 Å². The first kappa shape index (κ1) is 10.7. The highest BCUT2D eigenvalue weighted by atomic mass is 31.0. The number of hydrogen-bond donors (Lipinski definition) is 0. The molecular weight excluding hydrogens is 244 g/mol. The average Bonchev–Trinajstić information content (AvgIpc) is 2.65. The minimum absolute atomic E-state index is 0.326. The van der Waals surface area contributed by atoms with Crippen LogP contribution in [0, 0.1) is 0 Å². The van der Waals surface area contributed by atoms with Gasteiger partial charge < -0.3 is 0 Å². The molecule has 0 saturated carbocycles. The van der Waals surface area contributed by atoms with E-state index in [1.165, 1.54) is 6.07 Å². The predicted molar refractivity (Wildman–Crippen MR) is 66.0 cm³/mol.